The molecule has 9 heteroatoms. The van der Waals surface area contributed by atoms with E-state index in [4.69, 9.17) is 20.9 Å². The number of aliphatic imine (C=N–C) groups is 2. The molecule has 0 atom stereocenters. The Bertz CT molecular complexity index is 928. The number of ether oxygens (including phenoxy) is 2. The van der Waals surface area contributed by atoms with Crippen LogP contribution >= 0.6 is 36.2 Å². The Labute approximate surface area is 185 Å². The number of thiophene rings is 1. The number of rotatable bonds is 4. The Hall–Kier alpha value is -2.74. The monoisotopic (exact) mass is 450 g/mol. The van der Waals surface area contributed by atoms with E-state index in [1.54, 1.807) is 0 Å². The van der Waals surface area contributed by atoms with E-state index in [2.05, 4.69) is 9.98 Å². The first kappa shape index (κ1) is 22.5. The summed E-state index contributed by atoms with van der Waals surface area (Å²) in [5.41, 5.74) is 14.1. The van der Waals surface area contributed by atoms with Crippen LogP contribution in [0.15, 0.2) is 70.6 Å². The largest absolute Gasteiger partial charge is 0.484 e. The van der Waals surface area contributed by atoms with E-state index in [0.29, 0.717) is 46.1 Å². The Morgan fingerprint density at radius 2 is 1.07 bits per heavy atom. The Kier molecular flexibility index (Phi) is 7.90. The molecule has 0 saturated heterocycles. The Balaban J connectivity index is 0.00000150. The van der Waals surface area contributed by atoms with Crippen molar-refractivity contribution in [3.05, 3.63) is 70.4 Å². The molecular formula is C20H20Cl2N4O2S. The molecule has 0 aliphatic carbocycles. The van der Waals surface area contributed by atoms with Crippen LogP contribution in [0.4, 0.5) is 11.4 Å². The van der Waals surface area contributed by atoms with Crippen molar-refractivity contribution in [1.82, 2.24) is 0 Å². The molecular weight excluding hydrogens is 431 g/mol. The van der Waals surface area contributed by atoms with Crippen LogP contribution in [0.3, 0.4) is 0 Å². The number of amidine groups is 2. The van der Waals surface area contributed by atoms with Crippen LogP contribution in [0.5, 0.6) is 11.5 Å². The van der Waals surface area contributed by atoms with E-state index in [1.807, 2.05) is 60.7 Å². The van der Waals surface area contributed by atoms with Crippen LogP contribution in [-0.4, -0.2) is 24.9 Å². The highest BCUT2D eigenvalue weighted by molar-refractivity contribution is 7.17. The van der Waals surface area contributed by atoms with E-state index in [9.17, 15) is 0 Å². The summed E-state index contributed by atoms with van der Waals surface area (Å²) in [5.74, 6) is 1.85. The molecule has 2 aromatic carbocycles. The average molecular weight is 451 g/mol. The van der Waals surface area contributed by atoms with Gasteiger partial charge in [0.25, 0.3) is 0 Å². The van der Waals surface area contributed by atoms with Gasteiger partial charge in [-0.05, 0) is 24.3 Å². The zero-order valence-electron chi connectivity index (χ0n) is 15.3. The summed E-state index contributed by atoms with van der Waals surface area (Å²) in [7, 11) is 0. The van der Waals surface area contributed by atoms with Gasteiger partial charge in [0.15, 0.2) is 11.5 Å². The van der Waals surface area contributed by atoms with Crippen molar-refractivity contribution in [3.63, 3.8) is 0 Å². The maximum atomic E-state index is 6.26. The molecule has 0 saturated carbocycles. The number of benzene rings is 2. The second-order valence-corrected chi connectivity index (χ2v) is 6.80. The van der Waals surface area contributed by atoms with Crippen molar-refractivity contribution in [2.45, 2.75) is 0 Å². The molecule has 4 N–H and O–H groups in total. The third-order valence-corrected chi connectivity index (χ3v) is 5.07. The van der Waals surface area contributed by atoms with Gasteiger partial charge in [-0.3, -0.25) is 0 Å². The maximum absolute atomic E-state index is 6.26. The summed E-state index contributed by atoms with van der Waals surface area (Å²) in [6, 6.07) is 19.0. The molecule has 6 nitrogen and oxygen atoms in total. The molecule has 4 rings (SSSR count). The number of hydrogen-bond donors (Lipinski definition) is 2. The van der Waals surface area contributed by atoms with Gasteiger partial charge < -0.3 is 20.9 Å². The number of hydrogen-bond acceptors (Lipinski definition) is 5. The van der Waals surface area contributed by atoms with Gasteiger partial charge in [0.1, 0.15) is 34.6 Å². The van der Waals surface area contributed by atoms with Gasteiger partial charge in [0.05, 0.1) is 11.4 Å². The molecule has 29 heavy (non-hydrogen) atoms. The van der Waals surface area contributed by atoms with Crippen LogP contribution in [0.2, 0.25) is 0 Å². The van der Waals surface area contributed by atoms with Crippen molar-refractivity contribution in [1.29, 1.82) is 0 Å². The molecule has 0 unspecified atom stereocenters. The third kappa shape index (κ3) is 5.00. The summed E-state index contributed by atoms with van der Waals surface area (Å²) in [6.45, 7) is 0.898. The SMILES string of the molecule is Cl.Cl.NC(=Nc1ccccc1)c1sc(C(N)=Nc2ccccc2)c2c1OCCO2. The number of fused-ring (bicyclic) bond motifs is 1. The summed E-state index contributed by atoms with van der Waals surface area (Å²) in [6.07, 6.45) is 0. The predicted octanol–water partition coefficient (Wildman–Crippen LogP) is 4.44. The fourth-order valence-electron chi connectivity index (χ4n) is 2.67. The smallest absolute Gasteiger partial charge is 0.183 e. The van der Waals surface area contributed by atoms with Gasteiger partial charge in [-0.2, -0.15) is 0 Å². The zero-order chi connectivity index (χ0) is 18.6. The van der Waals surface area contributed by atoms with E-state index in [1.165, 1.54) is 11.3 Å². The van der Waals surface area contributed by atoms with Crippen LogP contribution < -0.4 is 20.9 Å². The lowest BCUT2D eigenvalue weighted by molar-refractivity contribution is 0.173. The molecule has 0 spiro atoms. The molecule has 0 fully saturated rings. The Morgan fingerprint density at radius 3 is 1.45 bits per heavy atom. The molecule has 1 aliphatic heterocycles. The summed E-state index contributed by atoms with van der Waals surface area (Å²) in [5, 5.41) is 0. The number of para-hydroxylation sites is 2. The molecule has 3 aromatic rings. The first-order chi connectivity index (χ1) is 13.2. The average Bonchev–Trinajstić information content (AvgIpc) is 3.09. The first-order valence-corrected chi connectivity index (χ1v) is 9.25. The van der Waals surface area contributed by atoms with Crippen molar-refractivity contribution >= 4 is 59.2 Å². The summed E-state index contributed by atoms with van der Waals surface area (Å²) in [4.78, 5) is 10.3. The fraction of sp³-hybridized carbons (Fsp3) is 0.100. The van der Waals surface area contributed by atoms with Gasteiger partial charge in [-0.15, -0.1) is 36.2 Å². The van der Waals surface area contributed by atoms with Gasteiger partial charge >= 0.3 is 0 Å². The van der Waals surface area contributed by atoms with Crippen LogP contribution in [-0.2, 0) is 0 Å². The van der Waals surface area contributed by atoms with E-state index in [-0.39, 0.29) is 24.8 Å². The first-order valence-electron chi connectivity index (χ1n) is 8.44. The summed E-state index contributed by atoms with van der Waals surface area (Å²) >= 11 is 1.37. The second kappa shape index (κ2) is 10.2. The van der Waals surface area contributed by atoms with Crippen molar-refractivity contribution in [3.8, 4) is 11.5 Å². The minimum Gasteiger partial charge on any atom is -0.484 e. The fourth-order valence-corrected chi connectivity index (χ4v) is 3.67. The minimum absolute atomic E-state index is 0. The third-order valence-electron chi connectivity index (χ3n) is 3.88. The standard InChI is InChI=1S/C20H18N4O2S.2ClH/c21-19(23-13-7-3-1-4-8-13)17-15-16(26-12-11-25-15)18(27-17)20(22)24-14-9-5-2-6-10-14;;/h1-10H,11-12H2,(H2,21,23)(H2,22,24);2*1H. The number of halogens is 2. The molecule has 1 aliphatic rings. The van der Waals surface area contributed by atoms with Gasteiger partial charge in [0, 0.05) is 0 Å². The lowest BCUT2D eigenvalue weighted by Crippen LogP contribution is -2.19. The van der Waals surface area contributed by atoms with E-state index in [0.717, 1.165) is 11.4 Å². The molecule has 152 valence electrons. The minimum atomic E-state index is 0. The van der Waals surface area contributed by atoms with E-state index < -0.39 is 0 Å². The van der Waals surface area contributed by atoms with E-state index >= 15 is 0 Å². The maximum Gasteiger partial charge on any atom is 0.183 e. The molecule has 0 radical (unpaired) electrons. The van der Waals surface area contributed by atoms with Crippen LogP contribution in [0, 0.1) is 0 Å². The van der Waals surface area contributed by atoms with Gasteiger partial charge in [-0.25, -0.2) is 9.98 Å². The molecule has 0 bridgehead atoms. The van der Waals surface area contributed by atoms with Gasteiger partial charge in [0.2, 0.25) is 0 Å². The lowest BCUT2D eigenvalue weighted by atomic mass is 10.3. The highest BCUT2D eigenvalue weighted by Gasteiger charge is 2.28. The molecule has 1 aromatic heterocycles. The zero-order valence-corrected chi connectivity index (χ0v) is 17.7. The number of nitrogens with two attached hydrogens (primary N) is 2. The topological polar surface area (TPSA) is 95.2 Å². The molecule has 2 heterocycles. The van der Waals surface area contributed by atoms with Crippen LogP contribution in [0.1, 0.15) is 9.75 Å². The number of nitrogens with zero attached hydrogens (tertiary/aromatic N) is 2. The van der Waals surface area contributed by atoms with Crippen molar-refractivity contribution < 1.29 is 9.47 Å². The second-order valence-electron chi connectivity index (χ2n) is 5.78. The highest BCUT2D eigenvalue weighted by atomic mass is 35.5. The highest BCUT2D eigenvalue weighted by Crippen LogP contribution is 2.44. The molecule has 0 amide bonds. The van der Waals surface area contributed by atoms with Gasteiger partial charge in [-0.1, -0.05) is 36.4 Å². The Morgan fingerprint density at radius 1 is 0.690 bits per heavy atom. The normalized spacial score (nSPS) is 13.2. The van der Waals surface area contributed by atoms with Crippen molar-refractivity contribution in [2.24, 2.45) is 21.5 Å². The van der Waals surface area contributed by atoms with Crippen LogP contribution in [0.25, 0.3) is 0 Å². The summed E-state index contributed by atoms with van der Waals surface area (Å²) < 4.78 is 11.6. The quantitative estimate of drug-likeness (QED) is 0.453. The predicted molar refractivity (Wildman–Crippen MR) is 123 cm³/mol. The lowest BCUT2D eigenvalue weighted by Gasteiger charge is -2.17. The van der Waals surface area contributed by atoms with Crippen molar-refractivity contribution in [2.75, 3.05) is 13.2 Å².